The highest BCUT2D eigenvalue weighted by Crippen LogP contribution is 2.34. The van der Waals surface area contributed by atoms with Gasteiger partial charge in [0.25, 0.3) is 0 Å². The minimum absolute atomic E-state index is 0.108. The molecule has 3 rings (SSSR count). The van der Waals surface area contributed by atoms with Crippen molar-refractivity contribution in [2.75, 3.05) is 0 Å². The normalized spacial score (nSPS) is 10.7. The van der Waals surface area contributed by atoms with Gasteiger partial charge in [-0.05, 0) is 41.1 Å². The average molecular weight is 285 g/mol. The highest BCUT2D eigenvalue weighted by molar-refractivity contribution is 5.89. The van der Waals surface area contributed by atoms with E-state index in [9.17, 15) is 19.2 Å². The number of hydrogen-bond donors (Lipinski definition) is 1. The molecule has 0 amide bonds. The molecule has 2 aromatic carbocycles. The van der Waals surface area contributed by atoms with Crippen molar-refractivity contribution in [1.29, 1.82) is 0 Å². The maximum absolute atomic E-state index is 12.9. The summed E-state index contributed by atoms with van der Waals surface area (Å²) in [6.07, 6.45) is 0. The summed E-state index contributed by atoms with van der Waals surface area (Å²) < 4.78 is 18.0. The Morgan fingerprint density at radius 2 is 1.81 bits per heavy atom. The van der Waals surface area contributed by atoms with Gasteiger partial charge in [0.15, 0.2) is 17.0 Å². The molecular weight excluding hydrogens is 277 g/mol. The summed E-state index contributed by atoms with van der Waals surface area (Å²) >= 11 is 0. The van der Waals surface area contributed by atoms with Crippen LogP contribution in [0.1, 0.15) is 0 Å². The Hall–Kier alpha value is -3.02. The third-order valence-electron chi connectivity index (χ3n) is 3.11. The third kappa shape index (κ3) is 2.16. The van der Waals surface area contributed by atoms with Gasteiger partial charge in [-0.1, -0.05) is 12.1 Å². The average Bonchev–Trinajstić information content (AvgIpc) is 2.49. The maximum atomic E-state index is 12.9. The van der Waals surface area contributed by atoms with Gasteiger partial charge in [-0.15, -0.1) is 4.91 Å². The first-order valence-corrected chi connectivity index (χ1v) is 5.99. The number of hydrogen-bond acceptors (Lipinski definition) is 5. The Balaban J connectivity index is 2.27. The number of phenols is 1. The number of halogens is 1. The Kier molecular flexibility index (Phi) is 2.98. The molecule has 1 aromatic heterocycles. The summed E-state index contributed by atoms with van der Waals surface area (Å²) in [5.74, 6) is -0.895. The zero-order valence-electron chi connectivity index (χ0n) is 10.5. The van der Waals surface area contributed by atoms with Crippen LogP contribution in [-0.4, -0.2) is 5.11 Å². The van der Waals surface area contributed by atoms with Crippen LogP contribution >= 0.6 is 0 Å². The van der Waals surface area contributed by atoms with Crippen LogP contribution in [0.3, 0.4) is 0 Å². The van der Waals surface area contributed by atoms with Crippen LogP contribution in [-0.2, 0) is 0 Å². The van der Waals surface area contributed by atoms with Gasteiger partial charge in [-0.2, -0.15) is 0 Å². The van der Waals surface area contributed by atoms with Crippen LogP contribution in [0.5, 0.6) is 5.75 Å². The van der Waals surface area contributed by atoms with Gasteiger partial charge >= 0.3 is 5.63 Å². The number of nitroso groups, excluding NO2 is 1. The summed E-state index contributed by atoms with van der Waals surface area (Å²) in [6, 6.07) is 9.69. The smallest absolute Gasteiger partial charge is 0.344 e. The molecule has 104 valence electrons. The van der Waals surface area contributed by atoms with Gasteiger partial charge in [-0.3, -0.25) is 0 Å². The molecular formula is C15H8FNO4. The van der Waals surface area contributed by atoms with Crippen molar-refractivity contribution in [3.63, 3.8) is 0 Å². The summed E-state index contributed by atoms with van der Waals surface area (Å²) in [5, 5.41) is 12.9. The maximum Gasteiger partial charge on any atom is 0.344 e. The second-order valence-corrected chi connectivity index (χ2v) is 4.40. The van der Waals surface area contributed by atoms with Gasteiger partial charge in [0, 0.05) is 5.39 Å². The topological polar surface area (TPSA) is 79.9 Å². The van der Waals surface area contributed by atoms with E-state index in [1.165, 1.54) is 42.5 Å². The van der Waals surface area contributed by atoms with E-state index >= 15 is 0 Å². The number of fused-ring (bicyclic) bond motifs is 1. The lowest BCUT2D eigenvalue weighted by atomic mass is 10.1. The lowest BCUT2D eigenvalue weighted by Gasteiger charge is -2.04. The van der Waals surface area contributed by atoms with Crippen molar-refractivity contribution in [2.45, 2.75) is 0 Å². The number of phenolic OH excluding ortho intramolecular Hbond substituents is 1. The van der Waals surface area contributed by atoms with Crippen molar-refractivity contribution >= 4 is 16.7 Å². The van der Waals surface area contributed by atoms with Gasteiger partial charge < -0.3 is 9.52 Å². The highest BCUT2D eigenvalue weighted by atomic mass is 19.1. The Labute approximate surface area is 117 Å². The van der Waals surface area contributed by atoms with Gasteiger partial charge in [0.1, 0.15) is 5.82 Å². The van der Waals surface area contributed by atoms with Crippen LogP contribution in [0.4, 0.5) is 10.1 Å². The number of aromatic hydroxyl groups is 1. The predicted octanol–water partition coefficient (Wildman–Crippen LogP) is 3.70. The number of rotatable bonds is 2. The fourth-order valence-corrected chi connectivity index (χ4v) is 2.06. The first kappa shape index (κ1) is 13.0. The van der Waals surface area contributed by atoms with E-state index in [-0.39, 0.29) is 16.8 Å². The molecule has 0 atom stereocenters. The SMILES string of the molecule is O=Nc1ccc2cc(-c3ccc(F)cc3)c(=O)oc2c1O. The molecule has 5 nitrogen and oxygen atoms in total. The van der Waals surface area contributed by atoms with Crippen LogP contribution in [0.15, 0.2) is 56.9 Å². The predicted molar refractivity (Wildman–Crippen MR) is 75.0 cm³/mol. The summed E-state index contributed by atoms with van der Waals surface area (Å²) in [4.78, 5) is 22.5. The van der Waals surface area contributed by atoms with Crippen LogP contribution in [0, 0.1) is 10.7 Å². The first-order chi connectivity index (χ1) is 10.1. The molecule has 0 saturated carbocycles. The van der Waals surface area contributed by atoms with Gasteiger partial charge in [0.05, 0.1) is 5.56 Å². The van der Waals surface area contributed by atoms with Gasteiger partial charge in [0.2, 0.25) is 0 Å². The summed E-state index contributed by atoms with van der Waals surface area (Å²) in [6.45, 7) is 0. The van der Waals surface area contributed by atoms with E-state index in [1.54, 1.807) is 0 Å². The van der Waals surface area contributed by atoms with Crippen LogP contribution < -0.4 is 5.63 Å². The monoisotopic (exact) mass is 285 g/mol. The molecule has 21 heavy (non-hydrogen) atoms. The molecule has 0 radical (unpaired) electrons. The zero-order chi connectivity index (χ0) is 15.0. The molecule has 0 saturated heterocycles. The fraction of sp³-hybridized carbons (Fsp3) is 0. The molecule has 0 aliphatic heterocycles. The molecule has 0 aliphatic carbocycles. The molecule has 0 spiro atoms. The molecule has 1 N–H and O–H groups in total. The van der Waals surface area contributed by atoms with Crippen molar-refractivity contribution in [3.8, 4) is 16.9 Å². The molecule has 3 aromatic rings. The van der Waals surface area contributed by atoms with E-state index < -0.39 is 17.2 Å². The van der Waals surface area contributed by atoms with Crippen molar-refractivity contribution in [1.82, 2.24) is 0 Å². The van der Waals surface area contributed by atoms with E-state index in [0.717, 1.165) is 0 Å². The second-order valence-electron chi connectivity index (χ2n) is 4.40. The van der Waals surface area contributed by atoms with E-state index in [2.05, 4.69) is 5.18 Å². The summed E-state index contributed by atoms with van der Waals surface area (Å²) in [7, 11) is 0. The second kappa shape index (κ2) is 4.82. The standard InChI is InChI=1S/C15H8FNO4/c16-10-4-1-8(2-5-10)11-7-9-3-6-12(17-20)13(18)14(9)21-15(11)19/h1-7,18H. The molecule has 0 aliphatic rings. The zero-order valence-corrected chi connectivity index (χ0v) is 10.5. The van der Waals surface area contributed by atoms with Crippen molar-refractivity contribution < 1.29 is 13.9 Å². The molecule has 0 bridgehead atoms. The minimum atomic E-state index is -0.701. The van der Waals surface area contributed by atoms with E-state index in [4.69, 9.17) is 4.42 Å². The lowest BCUT2D eigenvalue weighted by Crippen LogP contribution is -2.02. The third-order valence-corrected chi connectivity index (χ3v) is 3.11. The summed E-state index contributed by atoms with van der Waals surface area (Å²) in [5.41, 5.74) is -0.298. The van der Waals surface area contributed by atoms with E-state index in [0.29, 0.717) is 10.9 Å². The van der Waals surface area contributed by atoms with Crippen LogP contribution in [0.2, 0.25) is 0 Å². The largest absolute Gasteiger partial charge is 0.503 e. The van der Waals surface area contributed by atoms with Crippen molar-refractivity contribution in [3.05, 3.63) is 63.6 Å². The molecule has 0 fully saturated rings. The van der Waals surface area contributed by atoms with E-state index in [1.807, 2.05) is 0 Å². The van der Waals surface area contributed by atoms with Gasteiger partial charge in [-0.25, -0.2) is 9.18 Å². The van der Waals surface area contributed by atoms with Crippen molar-refractivity contribution in [2.24, 2.45) is 5.18 Å². The van der Waals surface area contributed by atoms with Crippen LogP contribution in [0.25, 0.3) is 22.1 Å². The fourth-order valence-electron chi connectivity index (χ4n) is 2.06. The molecule has 6 heteroatoms. The Bertz CT molecular complexity index is 900. The highest BCUT2D eigenvalue weighted by Gasteiger charge is 2.13. The Morgan fingerprint density at radius 1 is 1.10 bits per heavy atom. The molecule has 1 heterocycles. The molecule has 0 unspecified atom stereocenters. The first-order valence-electron chi connectivity index (χ1n) is 5.99. The lowest BCUT2D eigenvalue weighted by molar-refractivity contribution is 0.459. The quantitative estimate of drug-likeness (QED) is 0.575. The Morgan fingerprint density at radius 3 is 2.48 bits per heavy atom. The number of nitrogens with zero attached hydrogens (tertiary/aromatic N) is 1. The minimum Gasteiger partial charge on any atom is -0.503 e. The number of benzene rings is 2.